The monoisotopic (exact) mass is 228 g/mol. The summed E-state index contributed by atoms with van der Waals surface area (Å²) in [6.45, 7) is 7.08. The Kier molecular flexibility index (Phi) is 4.47. The van der Waals surface area contributed by atoms with E-state index < -0.39 is 0 Å². The highest BCUT2D eigenvalue weighted by atomic mass is 32.1. The minimum Gasteiger partial charge on any atom is -0.355 e. The van der Waals surface area contributed by atoms with Crippen molar-refractivity contribution in [3.8, 4) is 0 Å². The molecule has 0 saturated heterocycles. The number of nitrogens with zero attached hydrogens (tertiary/aromatic N) is 2. The Morgan fingerprint density at radius 2 is 2.20 bits per heavy atom. The molecule has 3 N–H and O–H groups in total. The van der Waals surface area contributed by atoms with Gasteiger partial charge in [0.05, 0.1) is 0 Å². The number of hydrogen-bond donors (Lipinski definition) is 2. The second-order valence-corrected chi connectivity index (χ2v) is 4.70. The SMILES string of the molecule is CCc1nsc(NC(C)(CC)CCN)n1. The highest BCUT2D eigenvalue weighted by molar-refractivity contribution is 7.09. The fourth-order valence-corrected chi connectivity index (χ4v) is 2.15. The molecule has 0 aliphatic carbocycles. The molecule has 0 fully saturated rings. The van der Waals surface area contributed by atoms with Gasteiger partial charge in [-0.15, -0.1) is 0 Å². The highest BCUT2D eigenvalue weighted by Crippen LogP contribution is 2.22. The van der Waals surface area contributed by atoms with Crippen molar-refractivity contribution in [1.29, 1.82) is 0 Å². The van der Waals surface area contributed by atoms with Gasteiger partial charge >= 0.3 is 0 Å². The van der Waals surface area contributed by atoms with Crippen molar-refractivity contribution in [1.82, 2.24) is 9.36 Å². The molecule has 1 rings (SSSR count). The first-order valence-corrected chi connectivity index (χ1v) is 6.21. The third kappa shape index (κ3) is 3.43. The Labute approximate surface area is 95.5 Å². The van der Waals surface area contributed by atoms with E-state index in [1.807, 2.05) is 0 Å². The average molecular weight is 228 g/mol. The number of aromatic nitrogens is 2. The van der Waals surface area contributed by atoms with Gasteiger partial charge in [-0.25, -0.2) is 4.98 Å². The van der Waals surface area contributed by atoms with E-state index >= 15 is 0 Å². The van der Waals surface area contributed by atoms with Gasteiger partial charge in [0.1, 0.15) is 5.82 Å². The van der Waals surface area contributed by atoms with Crippen LogP contribution in [0, 0.1) is 0 Å². The molecule has 1 aromatic rings. The summed E-state index contributed by atoms with van der Waals surface area (Å²) in [7, 11) is 0. The summed E-state index contributed by atoms with van der Waals surface area (Å²) in [6, 6.07) is 0. The standard InChI is InChI=1S/C10H20N4S/c1-4-8-12-9(15-14-8)13-10(3,5-2)6-7-11/h4-7,11H2,1-3H3,(H,12,13,14). The summed E-state index contributed by atoms with van der Waals surface area (Å²) in [5.74, 6) is 0.911. The van der Waals surface area contributed by atoms with Crippen molar-refractivity contribution in [3.63, 3.8) is 0 Å². The molecule has 4 nitrogen and oxygen atoms in total. The van der Waals surface area contributed by atoms with Crippen LogP contribution in [0.4, 0.5) is 5.13 Å². The first-order valence-electron chi connectivity index (χ1n) is 5.44. The minimum absolute atomic E-state index is 0.0410. The van der Waals surface area contributed by atoms with E-state index in [1.54, 1.807) is 0 Å². The van der Waals surface area contributed by atoms with Crippen molar-refractivity contribution in [2.45, 2.75) is 45.6 Å². The van der Waals surface area contributed by atoms with Crippen molar-refractivity contribution in [3.05, 3.63) is 5.82 Å². The van der Waals surface area contributed by atoms with Gasteiger partial charge in [-0.05, 0) is 26.3 Å². The highest BCUT2D eigenvalue weighted by Gasteiger charge is 2.22. The Balaban J connectivity index is 2.65. The van der Waals surface area contributed by atoms with E-state index in [9.17, 15) is 0 Å². The Bertz CT molecular complexity index is 299. The molecule has 5 heteroatoms. The van der Waals surface area contributed by atoms with Crippen LogP contribution in [0.3, 0.4) is 0 Å². The van der Waals surface area contributed by atoms with Gasteiger partial charge in [-0.1, -0.05) is 13.8 Å². The van der Waals surface area contributed by atoms with E-state index in [-0.39, 0.29) is 5.54 Å². The van der Waals surface area contributed by atoms with Gasteiger partial charge < -0.3 is 11.1 Å². The van der Waals surface area contributed by atoms with Crippen LogP contribution >= 0.6 is 11.5 Å². The molecular formula is C10H20N4S. The molecule has 0 aromatic carbocycles. The molecule has 86 valence electrons. The van der Waals surface area contributed by atoms with Crippen molar-refractivity contribution >= 4 is 16.7 Å². The van der Waals surface area contributed by atoms with Crippen LogP contribution in [0.2, 0.25) is 0 Å². The number of nitrogens with one attached hydrogen (secondary N) is 1. The smallest absolute Gasteiger partial charge is 0.202 e. The predicted molar refractivity (Wildman–Crippen MR) is 65.3 cm³/mol. The van der Waals surface area contributed by atoms with Gasteiger partial charge in [0.2, 0.25) is 5.13 Å². The zero-order valence-corrected chi connectivity index (χ0v) is 10.5. The van der Waals surface area contributed by atoms with Gasteiger partial charge in [-0.3, -0.25) is 0 Å². The lowest BCUT2D eigenvalue weighted by molar-refractivity contribution is 0.463. The fourth-order valence-electron chi connectivity index (χ4n) is 1.35. The van der Waals surface area contributed by atoms with Gasteiger partial charge in [0, 0.05) is 23.5 Å². The van der Waals surface area contributed by atoms with Crippen LogP contribution in [0.1, 0.15) is 39.4 Å². The fraction of sp³-hybridized carbons (Fsp3) is 0.800. The molecule has 1 heterocycles. The summed E-state index contributed by atoms with van der Waals surface area (Å²) < 4.78 is 4.25. The predicted octanol–water partition coefficient (Wildman–Crippen LogP) is 2.03. The maximum Gasteiger partial charge on any atom is 0.202 e. The summed E-state index contributed by atoms with van der Waals surface area (Å²) in [5.41, 5.74) is 5.64. The summed E-state index contributed by atoms with van der Waals surface area (Å²) in [5, 5.41) is 4.33. The first kappa shape index (κ1) is 12.4. The normalized spacial score (nSPS) is 14.9. The van der Waals surface area contributed by atoms with Crippen LogP contribution < -0.4 is 11.1 Å². The topological polar surface area (TPSA) is 63.8 Å². The quantitative estimate of drug-likeness (QED) is 0.782. The molecule has 0 radical (unpaired) electrons. The molecule has 15 heavy (non-hydrogen) atoms. The van der Waals surface area contributed by atoms with E-state index in [2.05, 4.69) is 35.4 Å². The molecule has 0 bridgehead atoms. The number of hydrogen-bond acceptors (Lipinski definition) is 5. The molecule has 0 aliphatic heterocycles. The van der Waals surface area contributed by atoms with Crippen LogP contribution in [-0.4, -0.2) is 21.4 Å². The third-order valence-electron chi connectivity index (χ3n) is 2.67. The van der Waals surface area contributed by atoms with Gasteiger partial charge in [-0.2, -0.15) is 4.37 Å². The molecule has 0 saturated carbocycles. The van der Waals surface area contributed by atoms with Crippen LogP contribution in [0.5, 0.6) is 0 Å². The van der Waals surface area contributed by atoms with Crippen LogP contribution in [0.15, 0.2) is 0 Å². The molecular weight excluding hydrogens is 208 g/mol. The summed E-state index contributed by atoms with van der Waals surface area (Å²) >= 11 is 1.43. The second kappa shape index (κ2) is 5.42. The lowest BCUT2D eigenvalue weighted by Gasteiger charge is -2.28. The largest absolute Gasteiger partial charge is 0.355 e. The summed E-state index contributed by atoms with van der Waals surface area (Å²) in [4.78, 5) is 4.40. The molecule has 1 unspecified atom stereocenters. The zero-order chi connectivity index (χ0) is 11.3. The van der Waals surface area contributed by atoms with Crippen molar-refractivity contribution in [2.75, 3.05) is 11.9 Å². The molecule has 1 aromatic heterocycles. The van der Waals surface area contributed by atoms with Gasteiger partial charge in [0.25, 0.3) is 0 Å². The van der Waals surface area contributed by atoms with E-state index in [0.717, 1.165) is 30.2 Å². The third-order valence-corrected chi connectivity index (χ3v) is 3.34. The van der Waals surface area contributed by atoms with Crippen LogP contribution in [-0.2, 0) is 6.42 Å². The molecule has 1 atom stereocenters. The zero-order valence-electron chi connectivity index (χ0n) is 9.71. The lowest BCUT2D eigenvalue weighted by atomic mass is 9.95. The Morgan fingerprint density at radius 1 is 1.47 bits per heavy atom. The number of rotatable bonds is 6. The Hall–Kier alpha value is -0.680. The first-order chi connectivity index (χ1) is 7.13. The van der Waals surface area contributed by atoms with E-state index in [0.29, 0.717) is 6.54 Å². The lowest BCUT2D eigenvalue weighted by Crippen LogP contribution is -2.36. The van der Waals surface area contributed by atoms with Crippen molar-refractivity contribution in [2.24, 2.45) is 5.73 Å². The number of nitrogens with two attached hydrogens (primary N) is 1. The summed E-state index contributed by atoms with van der Waals surface area (Å²) in [6.07, 6.45) is 2.87. The molecule has 0 aliphatic rings. The Morgan fingerprint density at radius 3 is 2.67 bits per heavy atom. The van der Waals surface area contributed by atoms with Gasteiger partial charge in [0.15, 0.2) is 0 Å². The second-order valence-electron chi connectivity index (χ2n) is 3.95. The minimum atomic E-state index is 0.0410. The molecule has 0 amide bonds. The average Bonchev–Trinajstić information content (AvgIpc) is 2.66. The van der Waals surface area contributed by atoms with Crippen molar-refractivity contribution < 1.29 is 0 Å². The molecule has 0 spiro atoms. The van der Waals surface area contributed by atoms with E-state index in [1.165, 1.54) is 11.5 Å². The number of anilines is 1. The maximum atomic E-state index is 5.60. The number of aryl methyl sites for hydroxylation is 1. The van der Waals surface area contributed by atoms with E-state index in [4.69, 9.17) is 5.73 Å². The van der Waals surface area contributed by atoms with Crippen LogP contribution in [0.25, 0.3) is 0 Å². The maximum absolute atomic E-state index is 5.60.